The summed E-state index contributed by atoms with van der Waals surface area (Å²) in [6.45, 7) is 3.25. The molecule has 3 nitrogen and oxygen atoms in total. The van der Waals surface area contributed by atoms with Gasteiger partial charge in [-0.2, -0.15) is 5.10 Å². The Balaban J connectivity index is 1.70. The first-order valence-electron chi connectivity index (χ1n) is 5.97. The summed E-state index contributed by atoms with van der Waals surface area (Å²) in [7, 11) is 0. The van der Waals surface area contributed by atoms with Crippen molar-refractivity contribution < 1.29 is 0 Å². The molecule has 0 atom stereocenters. The van der Waals surface area contributed by atoms with Crippen LogP contribution in [0.4, 0.5) is 0 Å². The van der Waals surface area contributed by atoms with E-state index in [4.69, 9.17) is 0 Å². The Kier molecular flexibility index (Phi) is 2.40. The summed E-state index contributed by atoms with van der Waals surface area (Å²) < 4.78 is 1.93. The van der Waals surface area contributed by atoms with Crippen LogP contribution in [0.3, 0.4) is 0 Å². The number of pyridine rings is 1. The lowest BCUT2D eigenvalue weighted by atomic mass is 9.82. The van der Waals surface area contributed by atoms with Crippen molar-refractivity contribution in [2.45, 2.75) is 32.4 Å². The highest BCUT2D eigenvalue weighted by Crippen LogP contribution is 2.26. The molecule has 2 heterocycles. The standard InChI is InChI=1S/C13H17N3/c1-10-6-12(7-10)14-8-11-9-15-16-5-3-2-4-13(11)16/h2-5,9-10,12,14H,6-8H2,1H3. The molecule has 16 heavy (non-hydrogen) atoms. The molecule has 1 aliphatic carbocycles. The predicted octanol–water partition coefficient (Wildman–Crippen LogP) is 2.22. The van der Waals surface area contributed by atoms with Crippen molar-refractivity contribution in [2.24, 2.45) is 5.92 Å². The van der Waals surface area contributed by atoms with Gasteiger partial charge in [0.25, 0.3) is 0 Å². The molecule has 2 aromatic heterocycles. The summed E-state index contributed by atoms with van der Waals surface area (Å²) in [6.07, 6.45) is 6.59. The van der Waals surface area contributed by atoms with Gasteiger partial charge in [0.05, 0.1) is 11.7 Å². The zero-order valence-corrected chi connectivity index (χ0v) is 9.56. The number of hydrogen-bond donors (Lipinski definition) is 1. The fraction of sp³-hybridized carbons (Fsp3) is 0.462. The molecule has 0 bridgehead atoms. The van der Waals surface area contributed by atoms with Crippen molar-refractivity contribution in [1.29, 1.82) is 0 Å². The van der Waals surface area contributed by atoms with Gasteiger partial charge >= 0.3 is 0 Å². The Bertz CT molecular complexity index is 483. The van der Waals surface area contributed by atoms with E-state index in [-0.39, 0.29) is 0 Å². The van der Waals surface area contributed by atoms with Crippen LogP contribution in [0, 0.1) is 5.92 Å². The third-order valence-electron chi connectivity index (χ3n) is 3.46. The molecule has 1 N–H and O–H groups in total. The predicted molar refractivity (Wildman–Crippen MR) is 64.2 cm³/mol. The van der Waals surface area contributed by atoms with Crippen LogP contribution in [0.2, 0.25) is 0 Å². The summed E-state index contributed by atoms with van der Waals surface area (Å²) in [5, 5.41) is 7.92. The van der Waals surface area contributed by atoms with Gasteiger partial charge in [0.15, 0.2) is 0 Å². The average molecular weight is 215 g/mol. The first kappa shape index (κ1) is 9.85. The molecule has 0 spiro atoms. The van der Waals surface area contributed by atoms with Gasteiger partial charge in [-0.15, -0.1) is 0 Å². The topological polar surface area (TPSA) is 29.3 Å². The number of aromatic nitrogens is 2. The van der Waals surface area contributed by atoms with E-state index in [2.05, 4.69) is 29.5 Å². The molecular weight excluding hydrogens is 198 g/mol. The molecule has 1 saturated carbocycles. The molecule has 1 fully saturated rings. The van der Waals surface area contributed by atoms with E-state index in [1.807, 2.05) is 23.0 Å². The van der Waals surface area contributed by atoms with Gasteiger partial charge in [-0.1, -0.05) is 13.0 Å². The Morgan fingerprint density at radius 1 is 1.44 bits per heavy atom. The zero-order chi connectivity index (χ0) is 11.0. The third-order valence-corrected chi connectivity index (χ3v) is 3.46. The van der Waals surface area contributed by atoms with Crippen molar-refractivity contribution in [3.8, 4) is 0 Å². The molecule has 3 heteroatoms. The minimum Gasteiger partial charge on any atom is -0.310 e. The Labute approximate surface area is 95.5 Å². The van der Waals surface area contributed by atoms with Crippen molar-refractivity contribution in [2.75, 3.05) is 0 Å². The van der Waals surface area contributed by atoms with Crippen LogP contribution in [0.1, 0.15) is 25.3 Å². The van der Waals surface area contributed by atoms with Crippen molar-refractivity contribution in [3.05, 3.63) is 36.2 Å². The lowest BCUT2D eigenvalue weighted by molar-refractivity contribution is 0.240. The quantitative estimate of drug-likeness (QED) is 0.850. The largest absolute Gasteiger partial charge is 0.310 e. The summed E-state index contributed by atoms with van der Waals surface area (Å²) in [4.78, 5) is 0. The third kappa shape index (κ3) is 1.71. The molecule has 1 aliphatic rings. The van der Waals surface area contributed by atoms with Crippen LogP contribution in [-0.2, 0) is 6.54 Å². The molecule has 3 rings (SSSR count). The van der Waals surface area contributed by atoms with Gasteiger partial charge < -0.3 is 5.32 Å². The van der Waals surface area contributed by atoms with Crippen LogP contribution < -0.4 is 5.32 Å². The maximum Gasteiger partial charge on any atom is 0.0706 e. The number of rotatable bonds is 3. The van der Waals surface area contributed by atoms with Crippen LogP contribution >= 0.6 is 0 Å². The van der Waals surface area contributed by atoms with Gasteiger partial charge in [0.1, 0.15) is 0 Å². The highest BCUT2D eigenvalue weighted by Gasteiger charge is 2.24. The van der Waals surface area contributed by atoms with Gasteiger partial charge in [-0.3, -0.25) is 0 Å². The molecule has 84 valence electrons. The van der Waals surface area contributed by atoms with E-state index in [0.717, 1.165) is 12.5 Å². The van der Waals surface area contributed by atoms with E-state index in [1.165, 1.54) is 23.9 Å². The molecule has 2 aromatic rings. The highest BCUT2D eigenvalue weighted by atomic mass is 15.2. The van der Waals surface area contributed by atoms with Crippen LogP contribution in [-0.4, -0.2) is 15.7 Å². The maximum atomic E-state index is 4.33. The SMILES string of the molecule is CC1CC(NCc2cnn3ccccc23)C1. The van der Waals surface area contributed by atoms with Crippen LogP contribution in [0.25, 0.3) is 5.52 Å². The van der Waals surface area contributed by atoms with E-state index in [0.29, 0.717) is 6.04 Å². The summed E-state index contributed by atoms with van der Waals surface area (Å²) in [5.41, 5.74) is 2.50. The lowest BCUT2D eigenvalue weighted by Crippen LogP contribution is -2.39. The Morgan fingerprint density at radius 3 is 3.12 bits per heavy atom. The van der Waals surface area contributed by atoms with Crippen LogP contribution in [0.15, 0.2) is 30.6 Å². The fourth-order valence-corrected chi connectivity index (χ4v) is 2.45. The number of hydrogen-bond acceptors (Lipinski definition) is 2. The second kappa shape index (κ2) is 3.91. The minimum absolute atomic E-state index is 0.716. The second-order valence-electron chi connectivity index (χ2n) is 4.85. The van der Waals surface area contributed by atoms with Crippen molar-refractivity contribution in [1.82, 2.24) is 14.9 Å². The van der Waals surface area contributed by atoms with Gasteiger partial charge in [0.2, 0.25) is 0 Å². The fourth-order valence-electron chi connectivity index (χ4n) is 2.45. The smallest absolute Gasteiger partial charge is 0.0706 e. The number of nitrogens with zero attached hydrogens (tertiary/aromatic N) is 2. The van der Waals surface area contributed by atoms with E-state index >= 15 is 0 Å². The second-order valence-corrected chi connectivity index (χ2v) is 4.85. The summed E-state index contributed by atoms with van der Waals surface area (Å²) >= 11 is 0. The molecule has 0 radical (unpaired) electrons. The highest BCUT2D eigenvalue weighted by molar-refractivity contribution is 5.53. The van der Waals surface area contributed by atoms with Gasteiger partial charge in [-0.05, 0) is 30.9 Å². The normalized spacial score (nSPS) is 24.6. The zero-order valence-electron chi connectivity index (χ0n) is 9.56. The van der Waals surface area contributed by atoms with Gasteiger partial charge in [0, 0.05) is 24.3 Å². The molecule has 0 aromatic carbocycles. The monoisotopic (exact) mass is 215 g/mol. The number of fused-ring (bicyclic) bond motifs is 1. The average Bonchev–Trinajstić information content (AvgIpc) is 2.66. The van der Waals surface area contributed by atoms with E-state index < -0.39 is 0 Å². The molecule has 0 unspecified atom stereocenters. The first-order valence-corrected chi connectivity index (χ1v) is 5.97. The molecular formula is C13H17N3. The van der Waals surface area contributed by atoms with Crippen molar-refractivity contribution >= 4 is 5.52 Å². The lowest BCUT2D eigenvalue weighted by Gasteiger charge is -2.33. The molecule has 0 saturated heterocycles. The minimum atomic E-state index is 0.716. The summed E-state index contributed by atoms with van der Waals surface area (Å²) in [5.74, 6) is 0.904. The molecule has 0 aliphatic heterocycles. The number of nitrogens with one attached hydrogen (secondary N) is 1. The first-order chi connectivity index (χ1) is 7.83. The maximum absolute atomic E-state index is 4.33. The van der Waals surface area contributed by atoms with E-state index in [9.17, 15) is 0 Å². The van der Waals surface area contributed by atoms with E-state index in [1.54, 1.807) is 0 Å². The Hall–Kier alpha value is -1.35. The Morgan fingerprint density at radius 2 is 2.31 bits per heavy atom. The van der Waals surface area contributed by atoms with Gasteiger partial charge in [-0.25, -0.2) is 4.52 Å². The van der Waals surface area contributed by atoms with Crippen LogP contribution in [0.5, 0.6) is 0 Å². The summed E-state index contributed by atoms with van der Waals surface area (Å²) in [6, 6.07) is 6.90. The van der Waals surface area contributed by atoms with Crippen molar-refractivity contribution in [3.63, 3.8) is 0 Å². The molecule has 0 amide bonds.